The van der Waals surface area contributed by atoms with Gasteiger partial charge in [0.1, 0.15) is 0 Å². The van der Waals surface area contributed by atoms with Crippen LogP contribution >= 0.6 is 0 Å². The highest BCUT2D eigenvalue weighted by molar-refractivity contribution is 6.22. The lowest BCUT2D eigenvalue weighted by atomic mass is 9.66. The maximum absolute atomic E-state index is 2.45. The molecular formula is C60H40. The monoisotopic (exact) mass is 760 g/mol. The van der Waals surface area contributed by atoms with E-state index in [4.69, 9.17) is 0 Å². The van der Waals surface area contributed by atoms with Gasteiger partial charge in [0.2, 0.25) is 0 Å². The van der Waals surface area contributed by atoms with Crippen molar-refractivity contribution in [1.82, 2.24) is 0 Å². The first kappa shape index (κ1) is 34.5. The molecule has 12 rings (SSSR count). The Morgan fingerprint density at radius 3 is 1.58 bits per heavy atom. The van der Waals surface area contributed by atoms with Crippen molar-refractivity contribution in [2.45, 2.75) is 5.92 Å². The molecule has 0 nitrogen and oxygen atoms in total. The second-order valence-electron chi connectivity index (χ2n) is 16.3. The molecule has 0 aliphatic heterocycles. The number of rotatable bonds is 5. The number of hydrogen-bond acceptors (Lipinski definition) is 0. The van der Waals surface area contributed by atoms with Gasteiger partial charge in [0, 0.05) is 11.8 Å². The van der Waals surface area contributed by atoms with Crippen LogP contribution in [-0.4, -0.2) is 0 Å². The highest BCUT2D eigenvalue weighted by Gasteiger charge is 2.35. The van der Waals surface area contributed by atoms with Crippen LogP contribution in [0.25, 0.3) is 82.0 Å². The molecule has 0 spiro atoms. The van der Waals surface area contributed by atoms with E-state index < -0.39 is 0 Å². The fraction of sp³-hybridized carbons (Fsp3) is 0.0333. The Hall–Kier alpha value is -7.54. The Bertz CT molecular complexity index is 3410. The normalized spacial score (nSPS) is 15.8. The quantitative estimate of drug-likeness (QED) is 0.153. The van der Waals surface area contributed by atoms with Crippen molar-refractivity contribution < 1.29 is 0 Å². The highest BCUT2D eigenvalue weighted by Crippen LogP contribution is 2.51. The molecule has 0 saturated heterocycles. The third-order valence-corrected chi connectivity index (χ3v) is 13.0. The lowest BCUT2D eigenvalue weighted by Crippen LogP contribution is -2.22. The first-order chi connectivity index (χ1) is 29.8. The van der Waals surface area contributed by atoms with Crippen LogP contribution in [0.5, 0.6) is 0 Å². The summed E-state index contributed by atoms with van der Waals surface area (Å²) in [7, 11) is 0. The maximum Gasteiger partial charge on any atom is 0.0199 e. The molecule has 0 heteroatoms. The van der Waals surface area contributed by atoms with Gasteiger partial charge in [-0.2, -0.15) is 0 Å². The van der Waals surface area contributed by atoms with E-state index in [1.165, 1.54) is 110 Å². The van der Waals surface area contributed by atoms with Crippen molar-refractivity contribution in [2.75, 3.05) is 0 Å². The molecule has 60 heavy (non-hydrogen) atoms. The summed E-state index contributed by atoms with van der Waals surface area (Å²) < 4.78 is 0. The molecule has 0 heterocycles. The third-order valence-electron chi connectivity index (χ3n) is 13.0. The van der Waals surface area contributed by atoms with Crippen LogP contribution in [0, 0.1) is 5.92 Å². The van der Waals surface area contributed by atoms with Crippen molar-refractivity contribution in [3.63, 3.8) is 0 Å². The highest BCUT2D eigenvalue weighted by atomic mass is 14.4. The van der Waals surface area contributed by atoms with Crippen molar-refractivity contribution in [3.05, 3.63) is 258 Å². The Kier molecular flexibility index (Phi) is 8.10. The van der Waals surface area contributed by atoms with Gasteiger partial charge in [-0.05, 0) is 128 Å². The van der Waals surface area contributed by atoms with E-state index in [-0.39, 0.29) is 11.8 Å². The first-order valence-electron chi connectivity index (χ1n) is 21.1. The van der Waals surface area contributed by atoms with Gasteiger partial charge in [-0.3, -0.25) is 0 Å². The summed E-state index contributed by atoms with van der Waals surface area (Å²) in [5.74, 6) is 0.462. The molecule has 0 fully saturated rings. The SMILES string of the molecule is C1=CC2=C(c3ccccc3)c3ccccc3C(c3ccc(-c4ccc5c(-c6ccc7ccccc7c6)c6ccccc6c(-c6ccc7ccccc7c6)c5c4)cc3)C2C=C1. The molecule has 2 atom stereocenters. The van der Waals surface area contributed by atoms with Crippen molar-refractivity contribution in [3.8, 4) is 33.4 Å². The lowest BCUT2D eigenvalue weighted by molar-refractivity contribution is 0.649. The van der Waals surface area contributed by atoms with Crippen LogP contribution < -0.4 is 0 Å². The van der Waals surface area contributed by atoms with Gasteiger partial charge in [0.05, 0.1) is 0 Å². The molecule has 280 valence electrons. The predicted molar refractivity (Wildman–Crippen MR) is 255 cm³/mol. The van der Waals surface area contributed by atoms with Crippen LogP contribution in [0.15, 0.2) is 236 Å². The summed E-state index contributed by atoms with van der Waals surface area (Å²) in [6.45, 7) is 0. The molecule has 2 aliphatic carbocycles. The van der Waals surface area contributed by atoms with Crippen molar-refractivity contribution >= 4 is 48.7 Å². The molecular weight excluding hydrogens is 721 g/mol. The fourth-order valence-corrected chi connectivity index (χ4v) is 10.3. The van der Waals surface area contributed by atoms with E-state index in [1.54, 1.807) is 0 Å². The molecule has 0 bridgehead atoms. The molecule has 0 aromatic heterocycles. The van der Waals surface area contributed by atoms with Gasteiger partial charge in [0.25, 0.3) is 0 Å². The standard InChI is InChI=1S/C60H40/c1-2-16-42(17-3-1)57-49-20-8-10-22-51(49)58(52-23-11-9-21-50(52)57)43-30-26-41(27-31-43)46-34-35-55-56(38-46)60(48-33-29-40-15-5-7-19-45(40)37-48)54-25-13-12-24-53(54)59(55)47-32-28-39-14-4-6-18-44(39)36-47/h1-38,51,58H. The summed E-state index contributed by atoms with van der Waals surface area (Å²) in [5, 5.41) is 10.1. The predicted octanol–water partition coefficient (Wildman–Crippen LogP) is 16.0. The zero-order valence-corrected chi connectivity index (χ0v) is 33.1. The minimum absolute atomic E-state index is 0.214. The average Bonchev–Trinajstić information content (AvgIpc) is 3.32. The third kappa shape index (κ3) is 5.60. The Morgan fingerprint density at radius 1 is 0.333 bits per heavy atom. The summed E-state index contributed by atoms with van der Waals surface area (Å²) in [4.78, 5) is 0. The van der Waals surface area contributed by atoms with E-state index in [0.717, 1.165) is 0 Å². The smallest absolute Gasteiger partial charge is 0.0199 e. The topological polar surface area (TPSA) is 0 Å². The van der Waals surface area contributed by atoms with E-state index in [1.807, 2.05) is 0 Å². The molecule has 0 saturated carbocycles. The molecule has 10 aromatic carbocycles. The number of benzene rings is 10. The second-order valence-corrected chi connectivity index (χ2v) is 16.3. The van der Waals surface area contributed by atoms with Crippen LogP contribution in [0.3, 0.4) is 0 Å². The molecule has 2 aliphatic rings. The van der Waals surface area contributed by atoms with Gasteiger partial charge >= 0.3 is 0 Å². The minimum atomic E-state index is 0.214. The Morgan fingerprint density at radius 2 is 0.883 bits per heavy atom. The minimum Gasteiger partial charge on any atom is -0.0760 e. The average molecular weight is 761 g/mol. The van der Waals surface area contributed by atoms with Gasteiger partial charge < -0.3 is 0 Å². The van der Waals surface area contributed by atoms with Crippen LogP contribution in [0.4, 0.5) is 0 Å². The van der Waals surface area contributed by atoms with E-state index in [0.29, 0.717) is 0 Å². The Labute approximate surface area is 350 Å². The molecule has 0 radical (unpaired) electrons. The van der Waals surface area contributed by atoms with Crippen LogP contribution in [0.2, 0.25) is 0 Å². The van der Waals surface area contributed by atoms with Gasteiger partial charge in [-0.25, -0.2) is 0 Å². The van der Waals surface area contributed by atoms with E-state index in [2.05, 4.69) is 231 Å². The summed E-state index contributed by atoms with van der Waals surface area (Å²) in [6, 6.07) is 76.8. The molecule has 2 unspecified atom stereocenters. The maximum atomic E-state index is 2.45. The molecule has 0 N–H and O–H groups in total. The van der Waals surface area contributed by atoms with Crippen LogP contribution in [-0.2, 0) is 0 Å². The lowest BCUT2D eigenvalue weighted by Gasteiger charge is -2.37. The number of allylic oxidation sites excluding steroid dienone is 5. The van der Waals surface area contributed by atoms with Crippen molar-refractivity contribution in [2.24, 2.45) is 5.92 Å². The first-order valence-corrected chi connectivity index (χ1v) is 21.1. The molecule has 0 amide bonds. The number of hydrogen-bond donors (Lipinski definition) is 0. The van der Waals surface area contributed by atoms with Crippen LogP contribution in [0.1, 0.15) is 28.2 Å². The fourth-order valence-electron chi connectivity index (χ4n) is 10.3. The van der Waals surface area contributed by atoms with Gasteiger partial charge in [0.15, 0.2) is 0 Å². The second kappa shape index (κ2) is 14.1. The number of fused-ring (bicyclic) bond motifs is 6. The summed E-state index contributed by atoms with van der Waals surface area (Å²) >= 11 is 0. The summed E-state index contributed by atoms with van der Waals surface area (Å²) in [5.41, 5.74) is 15.5. The van der Waals surface area contributed by atoms with Gasteiger partial charge in [-0.15, -0.1) is 0 Å². The van der Waals surface area contributed by atoms with Gasteiger partial charge in [-0.1, -0.05) is 212 Å². The van der Waals surface area contributed by atoms with E-state index in [9.17, 15) is 0 Å². The zero-order chi connectivity index (χ0) is 39.6. The Balaban J connectivity index is 1.03. The van der Waals surface area contributed by atoms with E-state index >= 15 is 0 Å². The summed E-state index contributed by atoms with van der Waals surface area (Å²) in [6.07, 6.45) is 9.16. The zero-order valence-electron chi connectivity index (χ0n) is 33.1. The largest absolute Gasteiger partial charge is 0.0760 e. The van der Waals surface area contributed by atoms with Crippen molar-refractivity contribution in [1.29, 1.82) is 0 Å². The molecule has 10 aromatic rings.